The molecule has 0 radical (unpaired) electrons. The van der Waals surface area contributed by atoms with E-state index in [0.717, 1.165) is 0 Å². The summed E-state index contributed by atoms with van der Waals surface area (Å²) in [5.41, 5.74) is 0.581. The molecule has 108 valence electrons. The molecule has 1 aromatic heterocycles. The number of non-ortho nitro benzene ring substituents is 1. The average Bonchev–Trinajstić information content (AvgIpc) is 2.99. The van der Waals surface area contributed by atoms with Gasteiger partial charge in [-0.15, -0.1) is 0 Å². The minimum absolute atomic E-state index is 0.0112. The Hall–Kier alpha value is -3.03. The molecule has 8 heteroatoms. The van der Waals surface area contributed by atoms with Crippen molar-refractivity contribution in [1.82, 2.24) is 20.5 Å². The minimum atomic E-state index is -0.477. The van der Waals surface area contributed by atoms with E-state index < -0.39 is 4.92 Å². The number of carbonyl (C=O) groups is 1. The summed E-state index contributed by atoms with van der Waals surface area (Å²) in [5, 5.41) is 19.7. The number of rotatable bonds is 6. The molecule has 2 rings (SSSR count). The summed E-state index contributed by atoms with van der Waals surface area (Å²) >= 11 is 0. The summed E-state index contributed by atoms with van der Waals surface area (Å²) in [4.78, 5) is 25.7. The molecule has 0 saturated heterocycles. The molecule has 1 heterocycles. The van der Waals surface area contributed by atoms with Crippen LogP contribution in [-0.4, -0.2) is 32.6 Å². The molecule has 0 fully saturated rings. The Bertz CT molecular complexity index is 652. The topological polar surface area (TPSA) is 114 Å². The van der Waals surface area contributed by atoms with Crippen molar-refractivity contribution < 1.29 is 9.72 Å². The lowest BCUT2D eigenvalue weighted by atomic mass is 10.2. The first-order valence-electron chi connectivity index (χ1n) is 6.20. The van der Waals surface area contributed by atoms with Crippen molar-refractivity contribution in [2.24, 2.45) is 0 Å². The summed E-state index contributed by atoms with van der Waals surface area (Å²) < 4.78 is 0. The molecule has 0 atom stereocenters. The van der Waals surface area contributed by atoms with Gasteiger partial charge in [-0.25, -0.2) is 4.98 Å². The number of aromatic amines is 1. The SMILES string of the molecule is O=C(C=Cc1cccc([N+](=O)[O-])c1)NCCc1ncn[nH]1. The van der Waals surface area contributed by atoms with Gasteiger partial charge in [-0.3, -0.25) is 20.0 Å². The van der Waals surface area contributed by atoms with Crippen molar-refractivity contribution in [3.63, 3.8) is 0 Å². The quantitative estimate of drug-likeness (QED) is 0.469. The first-order chi connectivity index (χ1) is 10.1. The molecular formula is C13H13N5O3. The van der Waals surface area contributed by atoms with Gasteiger partial charge in [-0.2, -0.15) is 5.10 Å². The smallest absolute Gasteiger partial charge is 0.270 e. The fraction of sp³-hybridized carbons (Fsp3) is 0.154. The van der Waals surface area contributed by atoms with Gasteiger partial charge in [-0.1, -0.05) is 12.1 Å². The minimum Gasteiger partial charge on any atom is -0.352 e. The number of carbonyl (C=O) groups excluding carboxylic acids is 1. The predicted octanol–water partition coefficient (Wildman–Crippen LogP) is 1.08. The molecule has 0 unspecified atom stereocenters. The van der Waals surface area contributed by atoms with Crippen molar-refractivity contribution in [2.45, 2.75) is 6.42 Å². The first kappa shape index (κ1) is 14.4. The first-order valence-corrected chi connectivity index (χ1v) is 6.20. The number of H-pyrrole nitrogens is 1. The van der Waals surface area contributed by atoms with Crippen LogP contribution in [-0.2, 0) is 11.2 Å². The Morgan fingerprint density at radius 2 is 2.33 bits per heavy atom. The van der Waals surface area contributed by atoms with Crippen LogP contribution < -0.4 is 5.32 Å². The van der Waals surface area contributed by atoms with Crippen molar-refractivity contribution >= 4 is 17.7 Å². The van der Waals surface area contributed by atoms with Crippen molar-refractivity contribution in [1.29, 1.82) is 0 Å². The van der Waals surface area contributed by atoms with Crippen LogP contribution in [0.15, 0.2) is 36.7 Å². The molecular weight excluding hydrogens is 274 g/mol. The molecule has 0 bridgehead atoms. The highest BCUT2D eigenvalue weighted by Crippen LogP contribution is 2.13. The Kier molecular flexibility index (Phi) is 4.75. The zero-order valence-corrected chi connectivity index (χ0v) is 11.0. The van der Waals surface area contributed by atoms with E-state index in [4.69, 9.17) is 0 Å². The Balaban J connectivity index is 1.84. The van der Waals surface area contributed by atoms with Crippen LogP contribution in [0.5, 0.6) is 0 Å². The van der Waals surface area contributed by atoms with E-state index in [1.807, 2.05) is 0 Å². The van der Waals surface area contributed by atoms with E-state index in [0.29, 0.717) is 24.4 Å². The number of benzene rings is 1. The van der Waals surface area contributed by atoms with Crippen LogP contribution >= 0.6 is 0 Å². The number of amides is 1. The van der Waals surface area contributed by atoms with Gasteiger partial charge in [0.1, 0.15) is 12.2 Å². The Labute approximate surface area is 120 Å². The number of hydrogen-bond donors (Lipinski definition) is 2. The third kappa shape index (κ3) is 4.53. The van der Waals surface area contributed by atoms with E-state index in [9.17, 15) is 14.9 Å². The molecule has 2 aromatic rings. The summed E-state index contributed by atoms with van der Waals surface area (Å²) in [6.45, 7) is 0.424. The van der Waals surface area contributed by atoms with Crippen molar-refractivity contribution in [2.75, 3.05) is 6.54 Å². The fourth-order valence-electron chi connectivity index (χ4n) is 1.63. The molecule has 0 aliphatic rings. The van der Waals surface area contributed by atoms with Gasteiger partial charge in [-0.05, 0) is 11.6 Å². The van der Waals surface area contributed by atoms with Crippen LogP contribution in [0.3, 0.4) is 0 Å². The summed E-state index contributed by atoms with van der Waals surface area (Å²) in [6, 6.07) is 6.05. The van der Waals surface area contributed by atoms with E-state index >= 15 is 0 Å². The maximum Gasteiger partial charge on any atom is 0.270 e. The molecule has 0 saturated carbocycles. The highest BCUT2D eigenvalue weighted by molar-refractivity contribution is 5.91. The summed E-state index contributed by atoms with van der Waals surface area (Å²) in [5.74, 6) is 0.416. The molecule has 0 spiro atoms. The Morgan fingerprint density at radius 3 is 3.05 bits per heavy atom. The lowest BCUT2D eigenvalue weighted by Crippen LogP contribution is -2.23. The van der Waals surface area contributed by atoms with E-state index in [-0.39, 0.29) is 11.6 Å². The number of aromatic nitrogens is 3. The Morgan fingerprint density at radius 1 is 1.48 bits per heavy atom. The van der Waals surface area contributed by atoms with E-state index in [2.05, 4.69) is 20.5 Å². The van der Waals surface area contributed by atoms with Gasteiger partial charge in [0, 0.05) is 31.2 Å². The second kappa shape index (κ2) is 6.94. The zero-order valence-electron chi connectivity index (χ0n) is 11.0. The molecule has 1 amide bonds. The number of nitrogens with one attached hydrogen (secondary N) is 2. The molecule has 2 N–H and O–H groups in total. The third-order valence-electron chi connectivity index (χ3n) is 2.63. The molecule has 0 aliphatic carbocycles. The molecule has 8 nitrogen and oxygen atoms in total. The molecule has 1 aromatic carbocycles. The number of hydrogen-bond acceptors (Lipinski definition) is 5. The largest absolute Gasteiger partial charge is 0.352 e. The van der Waals surface area contributed by atoms with E-state index in [1.54, 1.807) is 12.1 Å². The summed E-state index contributed by atoms with van der Waals surface area (Å²) in [6.07, 6.45) is 4.81. The van der Waals surface area contributed by atoms with Gasteiger partial charge in [0.2, 0.25) is 5.91 Å². The second-order valence-electron chi connectivity index (χ2n) is 4.16. The van der Waals surface area contributed by atoms with Crippen molar-refractivity contribution in [3.05, 3.63) is 58.2 Å². The lowest BCUT2D eigenvalue weighted by molar-refractivity contribution is -0.384. The maximum atomic E-state index is 11.6. The second-order valence-corrected chi connectivity index (χ2v) is 4.16. The number of nitro benzene ring substituents is 1. The van der Waals surface area contributed by atoms with Crippen LogP contribution in [0.4, 0.5) is 5.69 Å². The molecule has 0 aliphatic heterocycles. The normalized spacial score (nSPS) is 10.7. The third-order valence-corrected chi connectivity index (χ3v) is 2.63. The predicted molar refractivity (Wildman–Crippen MR) is 75.2 cm³/mol. The van der Waals surface area contributed by atoms with Gasteiger partial charge in [0.05, 0.1) is 4.92 Å². The van der Waals surface area contributed by atoms with Gasteiger partial charge in [0.25, 0.3) is 5.69 Å². The standard InChI is InChI=1S/C13H13N5O3/c19-13(14-7-6-12-15-9-16-17-12)5-4-10-2-1-3-11(8-10)18(20)21/h1-5,8-9H,6-7H2,(H,14,19)(H,15,16,17). The van der Waals surface area contributed by atoms with Crippen LogP contribution in [0.1, 0.15) is 11.4 Å². The van der Waals surface area contributed by atoms with E-state index in [1.165, 1.54) is 30.6 Å². The average molecular weight is 287 g/mol. The van der Waals surface area contributed by atoms with Gasteiger partial charge < -0.3 is 5.32 Å². The number of nitro groups is 1. The summed E-state index contributed by atoms with van der Waals surface area (Å²) in [7, 11) is 0. The van der Waals surface area contributed by atoms with Gasteiger partial charge in [0.15, 0.2) is 0 Å². The highest BCUT2D eigenvalue weighted by Gasteiger charge is 2.04. The van der Waals surface area contributed by atoms with Crippen LogP contribution in [0, 0.1) is 10.1 Å². The van der Waals surface area contributed by atoms with Crippen LogP contribution in [0.2, 0.25) is 0 Å². The lowest BCUT2D eigenvalue weighted by Gasteiger charge is -1.99. The van der Waals surface area contributed by atoms with Crippen LogP contribution in [0.25, 0.3) is 6.08 Å². The van der Waals surface area contributed by atoms with Gasteiger partial charge >= 0.3 is 0 Å². The monoisotopic (exact) mass is 287 g/mol. The maximum absolute atomic E-state index is 11.6. The number of nitrogens with zero attached hydrogens (tertiary/aromatic N) is 3. The fourth-order valence-corrected chi connectivity index (χ4v) is 1.63. The zero-order chi connectivity index (χ0) is 15.1. The van der Waals surface area contributed by atoms with Crippen molar-refractivity contribution in [3.8, 4) is 0 Å². The molecule has 21 heavy (non-hydrogen) atoms. The highest BCUT2D eigenvalue weighted by atomic mass is 16.6.